The first kappa shape index (κ1) is 15.3. The van der Waals surface area contributed by atoms with E-state index in [-0.39, 0.29) is 5.56 Å². The predicted octanol–water partition coefficient (Wildman–Crippen LogP) is 1.59. The average molecular weight is 330 g/mol. The molecular formula is C15H12N3O4S-. The monoisotopic (exact) mass is 330 g/mol. The van der Waals surface area contributed by atoms with Crippen LogP contribution in [0.3, 0.4) is 0 Å². The number of benzene rings is 2. The Labute approximate surface area is 132 Å². The van der Waals surface area contributed by atoms with Gasteiger partial charge < -0.3 is 4.55 Å². The van der Waals surface area contributed by atoms with Crippen LogP contribution in [0.2, 0.25) is 0 Å². The summed E-state index contributed by atoms with van der Waals surface area (Å²) in [6, 6.07) is 10.6. The molecule has 0 aliphatic heterocycles. The minimum Gasteiger partial charge on any atom is -0.744 e. The van der Waals surface area contributed by atoms with Gasteiger partial charge >= 0.3 is 0 Å². The molecule has 0 saturated carbocycles. The van der Waals surface area contributed by atoms with Gasteiger partial charge in [0.1, 0.15) is 15.6 Å². The van der Waals surface area contributed by atoms with Crippen LogP contribution >= 0.6 is 0 Å². The van der Waals surface area contributed by atoms with E-state index < -0.39 is 20.9 Å². The van der Waals surface area contributed by atoms with E-state index in [1.165, 1.54) is 18.2 Å². The van der Waals surface area contributed by atoms with Crippen LogP contribution in [0, 0.1) is 0 Å². The Morgan fingerprint density at radius 2 is 1.96 bits per heavy atom. The van der Waals surface area contributed by atoms with Gasteiger partial charge in [-0.25, -0.2) is 8.42 Å². The minimum absolute atomic E-state index is 0.228. The lowest BCUT2D eigenvalue weighted by Crippen LogP contribution is -2.17. The van der Waals surface area contributed by atoms with E-state index >= 15 is 0 Å². The Kier molecular flexibility index (Phi) is 3.70. The zero-order valence-electron chi connectivity index (χ0n) is 12.1. The maximum atomic E-state index is 12.6. The number of hydrogen-bond acceptors (Lipinski definition) is 6. The van der Waals surface area contributed by atoms with Gasteiger partial charge in [0.15, 0.2) is 0 Å². The number of aryl methyl sites for hydroxylation is 1. The molecule has 3 rings (SSSR count). The average Bonchev–Trinajstić information content (AvgIpc) is 2.96. The van der Waals surface area contributed by atoms with Crippen LogP contribution < -0.4 is 0 Å². The standard InChI is InChI=1S/C15H13N3O4S/c1-2-10-7-8-13-12(9-10)16-17-18(13)15(19)11-5-3-4-6-14(11)23(20,21)22/h3-9H,2H2,1H3,(H,20,21,22)/p-1. The number of aromatic nitrogens is 3. The Hall–Kier alpha value is -2.58. The van der Waals surface area contributed by atoms with Gasteiger partial charge in [-0.15, -0.1) is 5.10 Å². The molecular weight excluding hydrogens is 318 g/mol. The summed E-state index contributed by atoms with van der Waals surface area (Å²) in [7, 11) is -4.77. The van der Waals surface area contributed by atoms with Crippen molar-refractivity contribution in [3.63, 3.8) is 0 Å². The summed E-state index contributed by atoms with van der Waals surface area (Å²) < 4.78 is 35.0. The molecule has 8 heteroatoms. The molecule has 0 radical (unpaired) electrons. The molecule has 3 aromatic rings. The van der Waals surface area contributed by atoms with Crippen LogP contribution in [-0.2, 0) is 16.5 Å². The van der Waals surface area contributed by atoms with Gasteiger partial charge in [0.25, 0.3) is 5.91 Å². The molecule has 0 aliphatic rings. The van der Waals surface area contributed by atoms with Crippen LogP contribution in [0.15, 0.2) is 47.4 Å². The molecule has 0 unspecified atom stereocenters. The lowest BCUT2D eigenvalue weighted by atomic mass is 10.1. The molecule has 0 atom stereocenters. The highest BCUT2D eigenvalue weighted by Gasteiger charge is 2.20. The van der Waals surface area contributed by atoms with E-state index in [1.54, 1.807) is 6.07 Å². The molecule has 0 fully saturated rings. The summed E-state index contributed by atoms with van der Waals surface area (Å²) in [6.07, 6.45) is 0.813. The first-order valence-electron chi connectivity index (χ1n) is 6.86. The number of nitrogens with zero attached hydrogens (tertiary/aromatic N) is 3. The van der Waals surface area contributed by atoms with Gasteiger partial charge in [-0.05, 0) is 36.2 Å². The highest BCUT2D eigenvalue weighted by Crippen LogP contribution is 2.19. The summed E-state index contributed by atoms with van der Waals surface area (Å²) in [5.74, 6) is -0.716. The quantitative estimate of drug-likeness (QED) is 0.675. The van der Waals surface area contributed by atoms with Gasteiger partial charge in [0.2, 0.25) is 0 Å². The number of hydrogen-bond donors (Lipinski definition) is 0. The summed E-state index contributed by atoms with van der Waals surface area (Å²) >= 11 is 0. The molecule has 7 nitrogen and oxygen atoms in total. The number of rotatable bonds is 3. The van der Waals surface area contributed by atoms with Crippen molar-refractivity contribution in [3.05, 3.63) is 53.6 Å². The van der Waals surface area contributed by atoms with E-state index in [0.717, 1.165) is 22.7 Å². The lowest BCUT2D eigenvalue weighted by molar-refractivity contribution is 0.0944. The molecule has 118 valence electrons. The van der Waals surface area contributed by atoms with Crippen LogP contribution in [0.25, 0.3) is 11.0 Å². The van der Waals surface area contributed by atoms with Gasteiger partial charge in [-0.3, -0.25) is 4.79 Å². The second-order valence-electron chi connectivity index (χ2n) is 4.93. The number of carbonyl (C=O) groups excluding carboxylic acids is 1. The summed E-state index contributed by atoms with van der Waals surface area (Å²) in [5, 5.41) is 7.72. The zero-order valence-corrected chi connectivity index (χ0v) is 12.9. The van der Waals surface area contributed by atoms with E-state index in [9.17, 15) is 17.8 Å². The minimum atomic E-state index is -4.77. The highest BCUT2D eigenvalue weighted by molar-refractivity contribution is 7.85. The topological polar surface area (TPSA) is 105 Å². The van der Waals surface area contributed by atoms with Gasteiger partial charge in [0, 0.05) is 0 Å². The Morgan fingerprint density at radius 3 is 2.65 bits per heavy atom. The molecule has 0 N–H and O–H groups in total. The molecule has 0 saturated heterocycles. The fourth-order valence-electron chi connectivity index (χ4n) is 2.31. The highest BCUT2D eigenvalue weighted by atomic mass is 32.2. The fourth-order valence-corrected chi connectivity index (χ4v) is 2.98. The first-order chi connectivity index (χ1) is 10.9. The first-order valence-corrected chi connectivity index (χ1v) is 8.26. The maximum Gasteiger partial charge on any atom is 0.281 e. The normalized spacial score (nSPS) is 11.7. The molecule has 0 aliphatic carbocycles. The second kappa shape index (κ2) is 5.56. The molecule has 2 aromatic carbocycles. The van der Waals surface area contributed by atoms with E-state index in [0.29, 0.717) is 11.0 Å². The smallest absolute Gasteiger partial charge is 0.281 e. The number of fused-ring (bicyclic) bond motifs is 1. The van der Waals surface area contributed by atoms with Crippen molar-refractivity contribution >= 4 is 27.1 Å². The Balaban J connectivity index is 2.16. The van der Waals surface area contributed by atoms with Crippen LogP contribution in [0.5, 0.6) is 0 Å². The maximum absolute atomic E-state index is 12.6. The molecule has 0 amide bonds. The van der Waals surface area contributed by atoms with Gasteiger partial charge in [0.05, 0.1) is 16.0 Å². The summed E-state index contributed by atoms with van der Waals surface area (Å²) in [4.78, 5) is 12.0. The van der Waals surface area contributed by atoms with Crippen molar-refractivity contribution in [1.82, 2.24) is 15.0 Å². The molecule has 23 heavy (non-hydrogen) atoms. The summed E-state index contributed by atoms with van der Waals surface area (Å²) in [6.45, 7) is 1.99. The fraction of sp³-hybridized carbons (Fsp3) is 0.133. The van der Waals surface area contributed by atoms with Crippen LogP contribution in [0.4, 0.5) is 0 Å². The molecule has 0 spiro atoms. The van der Waals surface area contributed by atoms with Gasteiger partial charge in [-0.2, -0.15) is 4.68 Å². The van der Waals surface area contributed by atoms with Crippen molar-refractivity contribution in [2.45, 2.75) is 18.2 Å². The predicted molar refractivity (Wildman–Crippen MR) is 81.0 cm³/mol. The zero-order chi connectivity index (χ0) is 16.6. The lowest BCUT2D eigenvalue weighted by Gasteiger charge is -2.11. The van der Waals surface area contributed by atoms with Crippen LogP contribution in [0.1, 0.15) is 22.8 Å². The van der Waals surface area contributed by atoms with E-state index in [4.69, 9.17) is 0 Å². The van der Waals surface area contributed by atoms with Crippen LogP contribution in [-0.4, -0.2) is 33.9 Å². The number of carbonyl (C=O) groups is 1. The second-order valence-corrected chi connectivity index (χ2v) is 6.28. The van der Waals surface area contributed by atoms with Crippen molar-refractivity contribution < 1.29 is 17.8 Å². The molecule has 1 heterocycles. The van der Waals surface area contributed by atoms with Crippen molar-refractivity contribution in [3.8, 4) is 0 Å². The van der Waals surface area contributed by atoms with E-state index in [2.05, 4.69) is 10.3 Å². The third-order valence-corrected chi connectivity index (χ3v) is 4.39. The summed E-state index contributed by atoms with van der Waals surface area (Å²) in [5.41, 5.74) is 1.79. The third kappa shape index (κ3) is 2.73. The van der Waals surface area contributed by atoms with E-state index in [1.807, 2.05) is 19.1 Å². The third-order valence-electron chi connectivity index (χ3n) is 3.50. The van der Waals surface area contributed by atoms with Gasteiger partial charge in [-0.1, -0.05) is 30.3 Å². The Morgan fingerprint density at radius 1 is 1.22 bits per heavy atom. The van der Waals surface area contributed by atoms with Crippen molar-refractivity contribution in [2.24, 2.45) is 0 Å². The SMILES string of the molecule is CCc1ccc2c(c1)nnn2C(=O)c1ccccc1S(=O)(=O)[O-]. The van der Waals surface area contributed by atoms with Crippen molar-refractivity contribution in [1.29, 1.82) is 0 Å². The largest absolute Gasteiger partial charge is 0.744 e. The van der Waals surface area contributed by atoms with Crippen molar-refractivity contribution in [2.75, 3.05) is 0 Å². The molecule has 1 aromatic heterocycles. The molecule has 0 bridgehead atoms. The Bertz CT molecular complexity index is 1010.